The highest BCUT2D eigenvalue weighted by Gasteiger charge is 2.28. The number of nitrogens with one attached hydrogen (secondary N) is 2. The zero-order valence-corrected chi connectivity index (χ0v) is 16.1. The lowest BCUT2D eigenvalue weighted by atomic mass is 9.91. The van der Waals surface area contributed by atoms with Crippen molar-refractivity contribution in [2.45, 2.75) is 38.4 Å². The molecule has 7 heteroatoms. The van der Waals surface area contributed by atoms with E-state index >= 15 is 0 Å². The Morgan fingerprint density at radius 3 is 2.93 bits per heavy atom. The molecule has 2 N–H and O–H groups in total. The second-order valence-corrected chi connectivity index (χ2v) is 7.87. The predicted molar refractivity (Wildman–Crippen MR) is 106 cm³/mol. The first kappa shape index (κ1) is 17.9. The summed E-state index contributed by atoms with van der Waals surface area (Å²) in [6.45, 7) is 1.36. The number of aryl methyl sites for hydroxylation is 1. The van der Waals surface area contributed by atoms with Crippen LogP contribution in [-0.4, -0.2) is 26.7 Å². The largest absolute Gasteiger partial charge is 0.346 e. The van der Waals surface area contributed by atoms with E-state index in [1.54, 1.807) is 11.3 Å². The lowest BCUT2D eigenvalue weighted by Crippen LogP contribution is -2.35. The summed E-state index contributed by atoms with van der Waals surface area (Å²) in [6, 6.07) is 8.41. The maximum absolute atomic E-state index is 12.7. The van der Waals surface area contributed by atoms with E-state index in [9.17, 15) is 4.79 Å². The van der Waals surface area contributed by atoms with E-state index in [4.69, 9.17) is 0 Å². The maximum atomic E-state index is 12.7. The Morgan fingerprint density at radius 1 is 1.30 bits per heavy atom. The van der Waals surface area contributed by atoms with Crippen molar-refractivity contribution in [3.05, 3.63) is 69.4 Å². The molecule has 140 valence electrons. The maximum Gasteiger partial charge on any atom is 0.272 e. The fourth-order valence-corrected chi connectivity index (χ4v) is 4.22. The van der Waals surface area contributed by atoms with Crippen molar-refractivity contribution >= 4 is 17.2 Å². The number of nitrogens with zero attached hydrogens (tertiary/aromatic N) is 3. The summed E-state index contributed by atoms with van der Waals surface area (Å²) in [7, 11) is 1.93. The molecule has 0 spiro atoms. The van der Waals surface area contributed by atoms with Crippen molar-refractivity contribution in [2.75, 3.05) is 0 Å². The Kier molecular flexibility index (Phi) is 5.31. The first-order valence-electron chi connectivity index (χ1n) is 9.18. The molecule has 3 aromatic heterocycles. The molecular formula is C20H23N5OS. The zero-order chi connectivity index (χ0) is 18.6. The van der Waals surface area contributed by atoms with E-state index in [0.717, 1.165) is 36.2 Å². The van der Waals surface area contributed by atoms with Gasteiger partial charge in [-0.3, -0.25) is 14.5 Å². The number of carbonyl (C=O) groups excluding carboxylic acids is 1. The molecule has 1 aliphatic carbocycles. The molecule has 3 aromatic rings. The number of hydrogen-bond donors (Lipinski definition) is 2. The SMILES string of the molecule is Cn1nc(C(=O)NCc2cccs2)c2c1CCC(NCc1ccncc1)C2. The standard InChI is InChI=1S/C20H23N5OS/c1-25-18-5-4-15(22-12-14-6-8-21-9-7-14)11-17(18)19(24-25)20(26)23-13-16-3-2-10-27-16/h2-3,6-10,15,22H,4-5,11-13H2,1H3,(H,23,26). The monoisotopic (exact) mass is 381 g/mol. The Hall–Kier alpha value is -2.51. The number of fused-ring (bicyclic) bond motifs is 1. The van der Waals surface area contributed by atoms with Gasteiger partial charge in [0, 0.05) is 48.2 Å². The van der Waals surface area contributed by atoms with E-state index < -0.39 is 0 Å². The van der Waals surface area contributed by atoms with Crippen LogP contribution in [0.5, 0.6) is 0 Å². The summed E-state index contributed by atoms with van der Waals surface area (Å²) in [6.07, 6.45) is 6.44. The highest BCUT2D eigenvalue weighted by Crippen LogP contribution is 2.25. The Morgan fingerprint density at radius 2 is 2.15 bits per heavy atom. The lowest BCUT2D eigenvalue weighted by molar-refractivity contribution is 0.0944. The van der Waals surface area contributed by atoms with Crippen LogP contribution in [0.2, 0.25) is 0 Å². The van der Waals surface area contributed by atoms with Crippen LogP contribution in [-0.2, 0) is 33.0 Å². The van der Waals surface area contributed by atoms with E-state index in [1.165, 1.54) is 11.3 Å². The van der Waals surface area contributed by atoms with E-state index in [0.29, 0.717) is 18.3 Å². The number of rotatable bonds is 6. The zero-order valence-electron chi connectivity index (χ0n) is 15.3. The minimum absolute atomic E-state index is 0.0879. The highest BCUT2D eigenvalue weighted by molar-refractivity contribution is 7.09. The molecule has 0 aliphatic heterocycles. The third-order valence-electron chi connectivity index (χ3n) is 5.02. The van der Waals surface area contributed by atoms with Gasteiger partial charge in [0.2, 0.25) is 0 Å². The molecule has 0 saturated carbocycles. The summed E-state index contributed by atoms with van der Waals surface area (Å²) in [5, 5.41) is 13.2. The van der Waals surface area contributed by atoms with E-state index in [2.05, 4.69) is 20.7 Å². The van der Waals surface area contributed by atoms with Crippen LogP contribution in [0.15, 0.2) is 42.0 Å². The first-order chi connectivity index (χ1) is 13.2. The topological polar surface area (TPSA) is 71.8 Å². The summed E-state index contributed by atoms with van der Waals surface area (Å²) in [4.78, 5) is 17.9. The van der Waals surface area contributed by atoms with Crippen molar-refractivity contribution in [3.63, 3.8) is 0 Å². The summed E-state index contributed by atoms with van der Waals surface area (Å²) < 4.78 is 1.87. The quantitative estimate of drug-likeness (QED) is 0.688. The molecular weight excluding hydrogens is 358 g/mol. The molecule has 0 aromatic carbocycles. The van der Waals surface area contributed by atoms with Gasteiger partial charge in [-0.2, -0.15) is 5.10 Å². The number of thiophene rings is 1. The first-order valence-corrected chi connectivity index (χ1v) is 10.1. The Balaban J connectivity index is 1.43. The van der Waals surface area contributed by atoms with Crippen molar-refractivity contribution in [2.24, 2.45) is 7.05 Å². The van der Waals surface area contributed by atoms with Gasteiger partial charge in [0.1, 0.15) is 0 Å². The minimum Gasteiger partial charge on any atom is -0.346 e. The van der Waals surface area contributed by atoms with Gasteiger partial charge in [0.15, 0.2) is 5.69 Å². The van der Waals surface area contributed by atoms with Gasteiger partial charge < -0.3 is 10.6 Å². The molecule has 3 heterocycles. The Labute approximate surface area is 162 Å². The average molecular weight is 382 g/mol. The lowest BCUT2D eigenvalue weighted by Gasteiger charge is -2.24. The van der Waals surface area contributed by atoms with Gasteiger partial charge in [-0.15, -0.1) is 11.3 Å². The van der Waals surface area contributed by atoms with Crippen LogP contribution in [0.1, 0.15) is 38.6 Å². The third-order valence-corrected chi connectivity index (χ3v) is 5.89. The van der Waals surface area contributed by atoms with Crippen LogP contribution in [0.4, 0.5) is 0 Å². The normalized spacial score (nSPS) is 16.1. The van der Waals surface area contributed by atoms with E-state index in [1.807, 2.05) is 53.8 Å². The minimum atomic E-state index is -0.0879. The smallest absolute Gasteiger partial charge is 0.272 e. The number of hydrogen-bond acceptors (Lipinski definition) is 5. The van der Waals surface area contributed by atoms with Gasteiger partial charge in [-0.25, -0.2) is 0 Å². The molecule has 0 radical (unpaired) electrons. The predicted octanol–water partition coefficient (Wildman–Crippen LogP) is 2.45. The van der Waals surface area contributed by atoms with Crippen LogP contribution < -0.4 is 10.6 Å². The van der Waals surface area contributed by atoms with Gasteiger partial charge in [-0.05, 0) is 48.4 Å². The molecule has 27 heavy (non-hydrogen) atoms. The fraction of sp³-hybridized carbons (Fsp3) is 0.350. The molecule has 1 atom stereocenters. The van der Waals surface area contributed by atoms with Gasteiger partial charge in [0.25, 0.3) is 5.91 Å². The molecule has 0 saturated heterocycles. The third kappa shape index (κ3) is 4.09. The number of pyridine rings is 1. The molecule has 6 nitrogen and oxygen atoms in total. The summed E-state index contributed by atoms with van der Waals surface area (Å²) in [5.74, 6) is -0.0879. The second-order valence-electron chi connectivity index (χ2n) is 6.84. The van der Waals surface area contributed by atoms with Crippen molar-refractivity contribution in [3.8, 4) is 0 Å². The van der Waals surface area contributed by atoms with E-state index in [-0.39, 0.29) is 5.91 Å². The number of carbonyl (C=O) groups is 1. The number of aromatic nitrogens is 3. The van der Waals surface area contributed by atoms with Crippen LogP contribution >= 0.6 is 11.3 Å². The van der Waals surface area contributed by atoms with Crippen LogP contribution in [0, 0.1) is 0 Å². The molecule has 1 unspecified atom stereocenters. The summed E-state index contributed by atoms with van der Waals surface area (Å²) >= 11 is 1.64. The number of amides is 1. The highest BCUT2D eigenvalue weighted by atomic mass is 32.1. The summed E-state index contributed by atoms with van der Waals surface area (Å²) in [5.41, 5.74) is 4.05. The Bertz CT molecular complexity index is 904. The van der Waals surface area contributed by atoms with Gasteiger partial charge in [0.05, 0.1) is 6.54 Å². The van der Waals surface area contributed by atoms with Crippen LogP contribution in [0.3, 0.4) is 0 Å². The average Bonchev–Trinajstić information content (AvgIpc) is 3.33. The van der Waals surface area contributed by atoms with Crippen molar-refractivity contribution in [1.29, 1.82) is 0 Å². The van der Waals surface area contributed by atoms with Crippen LogP contribution in [0.25, 0.3) is 0 Å². The molecule has 4 rings (SSSR count). The second kappa shape index (κ2) is 8.02. The van der Waals surface area contributed by atoms with Crippen molar-refractivity contribution < 1.29 is 4.79 Å². The molecule has 0 fully saturated rings. The fourth-order valence-electron chi connectivity index (χ4n) is 3.57. The van der Waals surface area contributed by atoms with Gasteiger partial charge in [-0.1, -0.05) is 6.07 Å². The molecule has 0 bridgehead atoms. The molecule has 1 amide bonds. The molecule has 1 aliphatic rings. The van der Waals surface area contributed by atoms with Crippen molar-refractivity contribution in [1.82, 2.24) is 25.4 Å². The van der Waals surface area contributed by atoms with Gasteiger partial charge >= 0.3 is 0 Å².